The minimum atomic E-state index is -0.991. The zero-order valence-electron chi connectivity index (χ0n) is 23.6. The number of Topliss-reactive ketones (excluding diaryl/α,β-unsaturated/α-hetero) is 1. The van der Waals surface area contributed by atoms with Crippen LogP contribution in [-0.2, 0) is 9.59 Å². The van der Waals surface area contributed by atoms with E-state index in [1.54, 1.807) is 42.5 Å². The quantitative estimate of drug-likeness (QED) is 0.121. The number of ether oxygens (including phenoxy) is 4. The molecule has 4 aromatic carbocycles. The van der Waals surface area contributed by atoms with Gasteiger partial charge in [-0.2, -0.15) is 0 Å². The molecule has 1 aromatic heterocycles. The fourth-order valence-corrected chi connectivity index (χ4v) is 6.34. The van der Waals surface area contributed by atoms with Gasteiger partial charge in [-0.15, -0.1) is 0 Å². The summed E-state index contributed by atoms with van der Waals surface area (Å²) >= 11 is 1.26. The minimum absolute atomic E-state index is 0.0715. The van der Waals surface area contributed by atoms with Gasteiger partial charge in [-0.25, -0.2) is 4.98 Å². The molecule has 7 rings (SSSR count). The standard InChI is InChI=1S/C34H26N2O7S/c1-2-40-23-12-13-25-28(19-23)44-34(35-25)36-30(20-7-6-10-24(17-20)43-22-8-4-3-5-9-22)29(32(38)33(36)39)31(37)21-11-14-26-27(18-21)42-16-15-41-26/h3-14,17-19,30,37H,2,15-16H2,1H3/t30-/m0/s1. The van der Waals surface area contributed by atoms with Crippen LogP contribution in [0.3, 0.4) is 0 Å². The molecule has 0 radical (unpaired) electrons. The Balaban J connectivity index is 1.37. The Bertz CT molecular complexity index is 1940. The van der Waals surface area contributed by atoms with Crippen LogP contribution in [0.2, 0.25) is 0 Å². The van der Waals surface area contributed by atoms with E-state index in [2.05, 4.69) is 0 Å². The average Bonchev–Trinajstić information content (AvgIpc) is 3.58. The smallest absolute Gasteiger partial charge is 0.301 e. The SMILES string of the molecule is CCOc1ccc2nc(N3C(=O)C(=O)C(=C(O)c4ccc5c(c4)OCCO5)[C@@H]3c3cccc(Oc4ccccc4)c3)sc2c1. The summed E-state index contributed by atoms with van der Waals surface area (Å²) in [5.74, 6) is 0.839. The summed E-state index contributed by atoms with van der Waals surface area (Å²) in [5, 5.41) is 12.0. The van der Waals surface area contributed by atoms with E-state index in [9.17, 15) is 14.7 Å². The Morgan fingerprint density at radius 2 is 1.70 bits per heavy atom. The van der Waals surface area contributed by atoms with E-state index in [1.807, 2.05) is 55.5 Å². The number of hydrogen-bond donors (Lipinski definition) is 1. The van der Waals surface area contributed by atoms with Crippen molar-refractivity contribution in [1.82, 2.24) is 4.98 Å². The number of hydrogen-bond acceptors (Lipinski definition) is 9. The van der Waals surface area contributed by atoms with Gasteiger partial charge in [0, 0.05) is 5.56 Å². The lowest BCUT2D eigenvalue weighted by molar-refractivity contribution is -0.132. The number of aliphatic hydroxyl groups excluding tert-OH is 1. The summed E-state index contributed by atoms with van der Waals surface area (Å²) in [5.41, 5.74) is 1.46. The number of ketones is 1. The first kappa shape index (κ1) is 27.5. The van der Waals surface area contributed by atoms with Crippen molar-refractivity contribution >= 4 is 44.1 Å². The molecule has 0 spiro atoms. The second-order valence-corrected chi connectivity index (χ2v) is 11.1. The molecule has 2 aliphatic heterocycles. The molecular formula is C34H26N2O7S. The molecule has 0 aliphatic carbocycles. The second-order valence-electron chi connectivity index (χ2n) is 10.1. The molecule has 10 heteroatoms. The molecule has 0 saturated carbocycles. The molecule has 0 bridgehead atoms. The zero-order valence-corrected chi connectivity index (χ0v) is 24.4. The molecule has 1 amide bonds. The third-order valence-corrected chi connectivity index (χ3v) is 8.30. The van der Waals surface area contributed by atoms with E-state index in [4.69, 9.17) is 23.9 Å². The number of thiazole rings is 1. The lowest BCUT2D eigenvalue weighted by Gasteiger charge is -2.23. The summed E-state index contributed by atoms with van der Waals surface area (Å²) in [7, 11) is 0. The van der Waals surface area contributed by atoms with Crippen LogP contribution >= 0.6 is 11.3 Å². The van der Waals surface area contributed by atoms with E-state index in [-0.39, 0.29) is 11.3 Å². The van der Waals surface area contributed by atoms with E-state index in [0.29, 0.717) is 70.3 Å². The van der Waals surface area contributed by atoms with Crippen molar-refractivity contribution in [2.45, 2.75) is 13.0 Å². The van der Waals surface area contributed by atoms with Crippen LogP contribution in [0.4, 0.5) is 5.13 Å². The molecule has 1 N–H and O–H groups in total. The van der Waals surface area contributed by atoms with E-state index in [0.717, 1.165) is 4.70 Å². The average molecular weight is 607 g/mol. The fourth-order valence-electron chi connectivity index (χ4n) is 5.32. The predicted molar refractivity (Wildman–Crippen MR) is 166 cm³/mol. The third kappa shape index (κ3) is 4.99. The van der Waals surface area contributed by atoms with Crippen LogP contribution in [-0.4, -0.2) is 41.6 Å². The number of amides is 1. The number of aromatic nitrogens is 1. The highest BCUT2D eigenvalue weighted by molar-refractivity contribution is 7.22. The van der Waals surface area contributed by atoms with Gasteiger partial charge in [0.1, 0.15) is 36.2 Å². The van der Waals surface area contributed by atoms with Crippen LogP contribution in [0, 0.1) is 0 Å². The van der Waals surface area contributed by atoms with Crippen LogP contribution in [0.15, 0.2) is 96.6 Å². The van der Waals surface area contributed by atoms with Crippen molar-refractivity contribution in [2.24, 2.45) is 0 Å². The first-order valence-electron chi connectivity index (χ1n) is 14.1. The van der Waals surface area contributed by atoms with Gasteiger partial charge in [0.25, 0.3) is 5.78 Å². The maximum absolute atomic E-state index is 13.8. The number of rotatable bonds is 7. The summed E-state index contributed by atoms with van der Waals surface area (Å²) in [6.45, 7) is 3.18. The summed E-state index contributed by atoms with van der Waals surface area (Å²) in [4.78, 5) is 33.6. The minimum Gasteiger partial charge on any atom is -0.507 e. The number of carbonyl (C=O) groups excluding carboxylic acids is 2. The highest BCUT2D eigenvalue weighted by Gasteiger charge is 2.48. The number of carbonyl (C=O) groups is 2. The van der Waals surface area contributed by atoms with Gasteiger partial charge < -0.3 is 24.1 Å². The van der Waals surface area contributed by atoms with E-state index in [1.165, 1.54) is 16.2 Å². The Labute approximate surface area is 256 Å². The maximum Gasteiger partial charge on any atom is 0.301 e. The van der Waals surface area contributed by atoms with E-state index < -0.39 is 17.7 Å². The lowest BCUT2D eigenvalue weighted by atomic mass is 9.95. The highest BCUT2D eigenvalue weighted by Crippen LogP contribution is 2.46. The predicted octanol–water partition coefficient (Wildman–Crippen LogP) is 6.88. The third-order valence-electron chi connectivity index (χ3n) is 7.28. The number of benzene rings is 4. The first-order chi connectivity index (χ1) is 21.5. The number of fused-ring (bicyclic) bond motifs is 2. The van der Waals surface area contributed by atoms with Crippen molar-refractivity contribution < 1.29 is 33.6 Å². The van der Waals surface area contributed by atoms with Gasteiger partial charge in [0.2, 0.25) is 0 Å². The van der Waals surface area contributed by atoms with Crippen molar-refractivity contribution in [1.29, 1.82) is 0 Å². The number of nitrogens with zero attached hydrogens (tertiary/aromatic N) is 2. The molecule has 1 fully saturated rings. The maximum atomic E-state index is 13.8. The normalized spacial score (nSPS) is 17.2. The monoisotopic (exact) mass is 606 g/mol. The Morgan fingerprint density at radius 3 is 2.52 bits per heavy atom. The number of para-hydroxylation sites is 1. The Hall–Kier alpha value is -5.35. The van der Waals surface area contributed by atoms with Crippen LogP contribution in [0.5, 0.6) is 28.7 Å². The van der Waals surface area contributed by atoms with Gasteiger partial charge in [-0.1, -0.05) is 41.7 Å². The number of anilines is 1. The van der Waals surface area contributed by atoms with Gasteiger partial charge >= 0.3 is 5.91 Å². The molecule has 1 saturated heterocycles. The van der Waals surface area contributed by atoms with Crippen molar-refractivity contribution in [2.75, 3.05) is 24.7 Å². The van der Waals surface area contributed by atoms with E-state index >= 15 is 0 Å². The van der Waals surface area contributed by atoms with Gasteiger partial charge in [-0.3, -0.25) is 14.5 Å². The Morgan fingerprint density at radius 1 is 0.909 bits per heavy atom. The van der Waals surface area contributed by atoms with Gasteiger partial charge in [-0.05, 0) is 73.2 Å². The topological polar surface area (TPSA) is 107 Å². The molecule has 44 heavy (non-hydrogen) atoms. The molecule has 5 aromatic rings. The summed E-state index contributed by atoms with van der Waals surface area (Å²) in [6.07, 6.45) is 0. The number of aliphatic hydroxyl groups is 1. The molecule has 9 nitrogen and oxygen atoms in total. The van der Waals surface area contributed by atoms with Crippen LogP contribution < -0.4 is 23.8 Å². The molecule has 0 unspecified atom stereocenters. The summed E-state index contributed by atoms with van der Waals surface area (Å²) in [6, 6.07) is 25.8. The lowest BCUT2D eigenvalue weighted by Crippen LogP contribution is -2.29. The van der Waals surface area contributed by atoms with Crippen LogP contribution in [0.1, 0.15) is 24.1 Å². The molecule has 2 aliphatic rings. The van der Waals surface area contributed by atoms with Crippen molar-refractivity contribution in [3.8, 4) is 28.7 Å². The zero-order chi connectivity index (χ0) is 30.2. The van der Waals surface area contributed by atoms with Gasteiger partial charge in [0.05, 0.1) is 28.4 Å². The highest BCUT2D eigenvalue weighted by atomic mass is 32.1. The molecular weight excluding hydrogens is 580 g/mol. The van der Waals surface area contributed by atoms with Crippen LogP contribution in [0.25, 0.3) is 16.0 Å². The summed E-state index contributed by atoms with van der Waals surface area (Å²) < 4.78 is 23.8. The first-order valence-corrected chi connectivity index (χ1v) is 14.9. The van der Waals surface area contributed by atoms with Gasteiger partial charge in [0.15, 0.2) is 16.6 Å². The molecule has 1 atom stereocenters. The fraction of sp³-hybridized carbons (Fsp3) is 0.147. The molecule has 3 heterocycles. The second kappa shape index (κ2) is 11.4. The Kier molecular flexibility index (Phi) is 7.11. The molecule has 220 valence electrons. The largest absolute Gasteiger partial charge is 0.507 e. The van der Waals surface area contributed by atoms with Crippen molar-refractivity contribution in [3.05, 3.63) is 108 Å². The van der Waals surface area contributed by atoms with Crippen molar-refractivity contribution in [3.63, 3.8) is 0 Å².